The molecule has 0 aliphatic carbocycles. The predicted octanol–water partition coefficient (Wildman–Crippen LogP) is 2.19. The van der Waals surface area contributed by atoms with Crippen LogP contribution in [-0.2, 0) is 0 Å². The fraction of sp³-hybridized carbons (Fsp3) is 0.455. The van der Waals surface area contributed by atoms with E-state index in [1.54, 1.807) is 0 Å². The minimum Gasteiger partial charge on any atom is -0.492 e. The quantitative estimate of drug-likeness (QED) is 0.752. The Balaban J connectivity index is 2.27. The van der Waals surface area contributed by atoms with Gasteiger partial charge < -0.3 is 10.5 Å². The zero-order valence-electron chi connectivity index (χ0n) is 8.07. The molecule has 1 aromatic carbocycles. The number of nitrogens with two attached hydrogens (primary N) is 1. The first-order valence-corrected chi connectivity index (χ1v) is 4.76. The van der Waals surface area contributed by atoms with Gasteiger partial charge in [0.25, 0.3) is 0 Å². The lowest BCUT2D eigenvalue weighted by molar-refractivity contribution is 0.281. The van der Waals surface area contributed by atoms with E-state index in [1.165, 1.54) is 0 Å². The monoisotopic (exact) mass is 179 g/mol. The van der Waals surface area contributed by atoms with E-state index in [0.717, 1.165) is 18.6 Å². The molecule has 0 saturated carbocycles. The Morgan fingerprint density at radius 2 is 2.00 bits per heavy atom. The molecule has 2 heteroatoms. The molecule has 0 saturated heterocycles. The number of benzene rings is 1. The lowest BCUT2D eigenvalue weighted by Gasteiger charge is -2.11. The smallest absolute Gasteiger partial charge is 0.119 e. The van der Waals surface area contributed by atoms with Crippen molar-refractivity contribution in [1.29, 1.82) is 0 Å². The van der Waals surface area contributed by atoms with Gasteiger partial charge in [0, 0.05) is 6.04 Å². The number of rotatable bonds is 5. The predicted molar refractivity (Wildman–Crippen MR) is 54.8 cm³/mol. The average Bonchev–Trinajstić information content (AvgIpc) is 2.17. The Morgan fingerprint density at radius 3 is 2.62 bits per heavy atom. The fourth-order valence-electron chi connectivity index (χ4n) is 1.17. The summed E-state index contributed by atoms with van der Waals surface area (Å²) >= 11 is 0. The number of hydrogen-bond donors (Lipinski definition) is 1. The van der Waals surface area contributed by atoms with Crippen molar-refractivity contribution < 1.29 is 4.74 Å². The fourth-order valence-corrected chi connectivity index (χ4v) is 1.17. The second kappa shape index (κ2) is 5.60. The van der Waals surface area contributed by atoms with Crippen LogP contribution >= 0.6 is 0 Å². The van der Waals surface area contributed by atoms with Gasteiger partial charge in [0.15, 0.2) is 0 Å². The van der Waals surface area contributed by atoms with E-state index >= 15 is 0 Å². The normalized spacial score (nSPS) is 12.5. The van der Waals surface area contributed by atoms with Crippen LogP contribution in [0.2, 0.25) is 0 Å². The van der Waals surface area contributed by atoms with Crippen LogP contribution in [-0.4, -0.2) is 12.6 Å². The van der Waals surface area contributed by atoms with E-state index in [0.29, 0.717) is 6.61 Å². The number of ether oxygens (including phenoxy) is 1. The number of hydrogen-bond acceptors (Lipinski definition) is 2. The molecule has 1 atom stereocenters. The summed E-state index contributed by atoms with van der Waals surface area (Å²) in [6.45, 7) is 2.74. The Labute approximate surface area is 79.7 Å². The molecule has 0 spiro atoms. The van der Waals surface area contributed by atoms with Gasteiger partial charge in [0.1, 0.15) is 12.4 Å². The van der Waals surface area contributed by atoms with Crippen LogP contribution in [0.1, 0.15) is 19.8 Å². The largest absolute Gasteiger partial charge is 0.492 e. The number of para-hydroxylation sites is 1. The topological polar surface area (TPSA) is 35.2 Å². The highest BCUT2D eigenvalue weighted by Crippen LogP contribution is 2.08. The molecule has 2 N–H and O–H groups in total. The van der Waals surface area contributed by atoms with E-state index in [1.807, 2.05) is 30.3 Å². The molecular weight excluding hydrogens is 162 g/mol. The summed E-state index contributed by atoms with van der Waals surface area (Å²) in [5.41, 5.74) is 5.81. The van der Waals surface area contributed by atoms with Crippen molar-refractivity contribution in [3.05, 3.63) is 30.3 Å². The summed E-state index contributed by atoms with van der Waals surface area (Å²) in [6, 6.07) is 9.93. The highest BCUT2D eigenvalue weighted by molar-refractivity contribution is 5.20. The van der Waals surface area contributed by atoms with Crippen molar-refractivity contribution in [3.8, 4) is 5.75 Å². The molecule has 72 valence electrons. The molecular formula is C11H17NO. The Hall–Kier alpha value is -1.02. The lowest BCUT2D eigenvalue weighted by atomic mass is 10.2. The first-order valence-electron chi connectivity index (χ1n) is 4.76. The third kappa shape index (κ3) is 3.95. The average molecular weight is 179 g/mol. The van der Waals surface area contributed by atoms with E-state index in [-0.39, 0.29) is 6.04 Å². The maximum absolute atomic E-state index is 5.81. The van der Waals surface area contributed by atoms with Crippen LogP contribution in [0.15, 0.2) is 30.3 Å². The highest BCUT2D eigenvalue weighted by atomic mass is 16.5. The lowest BCUT2D eigenvalue weighted by Crippen LogP contribution is -2.27. The van der Waals surface area contributed by atoms with Gasteiger partial charge in [-0.1, -0.05) is 31.5 Å². The van der Waals surface area contributed by atoms with Gasteiger partial charge in [-0.05, 0) is 18.6 Å². The third-order valence-electron chi connectivity index (χ3n) is 1.87. The second-order valence-corrected chi connectivity index (χ2v) is 3.17. The van der Waals surface area contributed by atoms with Crippen LogP contribution < -0.4 is 10.5 Å². The zero-order chi connectivity index (χ0) is 9.52. The summed E-state index contributed by atoms with van der Waals surface area (Å²) < 4.78 is 5.50. The Kier molecular flexibility index (Phi) is 4.33. The maximum Gasteiger partial charge on any atom is 0.119 e. The van der Waals surface area contributed by atoms with E-state index in [2.05, 4.69) is 6.92 Å². The van der Waals surface area contributed by atoms with E-state index in [4.69, 9.17) is 10.5 Å². The van der Waals surface area contributed by atoms with Crippen molar-refractivity contribution >= 4 is 0 Å². The van der Waals surface area contributed by atoms with Crippen molar-refractivity contribution in [3.63, 3.8) is 0 Å². The molecule has 0 aromatic heterocycles. The molecule has 0 aliphatic rings. The molecule has 0 aliphatic heterocycles. The van der Waals surface area contributed by atoms with Gasteiger partial charge in [0.05, 0.1) is 0 Å². The van der Waals surface area contributed by atoms with E-state index in [9.17, 15) is 0 Å². The molecule has 1 aromatic rings. The molecule has 1 rings (SSSR count). The Bertz CT molecular complexity index is 223. The third-order valence-corrected chi connectivity index (χ3v) is 1.87. The molecule has 0 bridgehead atoms. The first-order chi connectivity index (χ1) is 6.33. The molecule has 0 unspecified atom stereocenters. The summed E-state index contributed by atoms with van der Waals surface area (Å²) in [7, 11) is 0. The van der Waals surface area contributed by atoms with Crippen LogP contribution in [0.25, 0.3) is 0 Å². The molecule has 0 fully saturated rings. The van der Waals surface area contributed by atoms with Gasteiger partial charge in [-0.3, -0.25) is 0 Å². The summed E-state index contributed by atoms with van der Waals surface area (Å²) in [6.07, 6.45) is 2.13. The van der Waals surface area contributed by atoms with Gasteiger partial charge in [-0.2, -0.15) is 0 Å². The summed E-state index contributed by atoms with van der Waals surface area (Å²) in [4.78, 5) is 0. The van der Waals surface area contributed by atoms with Crippen molar-refractivity contribution in [2.45, 2.75) is 25.8 Å². The van der Waals surface area contributed by atoms with Gasteiger partial charge in [-0.15, -0.1) is 0 Å². The SMILES string of the molecule is CCC[C@H](N)COc1ccccc1. The van der Waals surface area contributed by atoms with Crippen LogP contribution in [0, 0.1) is 0 Å². The van der Waals surface area contributed by atoms with Crippen LogP contribution in [0.3, 0.4) is 0 Å². The molecule has 13 heavy (non-hydrogen) atoms. The molecule has 0 amide bonds. The van der Waals surface area contributed by atoms with Gasteiger partial charge in [-0.25, -0.2) is 0 Å². The minimum atomic E-state index is 0.158. The molecule has 2 nitrogen and oxygen atoms in total. The summed E-state index contributed by atoms with van der Waals surface area (Å²) in [5, 5.41) is 0. The van der Waals surface area contributed by atoms with Gasteiger partial charge >= 0.3 is 0 Å². The van der Waals surface area contributed by atoms with Crippen LogP contribution in [0.5, 0.6) is 5.75 Å². The first kappa shape index (κ1) is 10.1. The Morgan fingerprint density at radius 1 is 1.31 bits per heavy atom. The van der Waals surface area contributed by atoms with E-state index < -0.39 is 0 Å². The molecule has 0 radical (unpaired) electrons. The minimum absolute atomic E-state index is 0.158. The standard InChI is InChI=1S/C11H17NO/c1-2-6-10(12)9-13-11-7-4-3-5-8-11/h3-5,7-8,10H,2,6,9,12H2,1H3/t10-/m0/s1. The van der Waals surface area contributed by atoms with Crippen molar-refractivity contribution in [2.75, 3.05) is 6.61 Å². The maximum atomic E-state index is 5.81. The second-order valence-electron chi connectivity index (χ2n) is 3.17. The van der Waals surface area contributed by atoms with Crippen LogP contribution in [0.4, 0.5) is 0 Å². The molecule has 0 heterocycles. The van der Waals surface area contributed by atoms with Gasteiger partial charge in [0.2, 0.25) is 0 Å². The summed E-state index contributed by atoms with van der Waals surface area (Å²) in [5.74, 6) is 0.897. The van der Waals surface area contributed by atoms with Crippen molar-refractivity contribution in [2.24, 2.45) is 5.73 Å². The zero-order valence-corrected chi connectivity index (χ0v) is 8.07. The highest BCUT2D eigenvalue weighted by Gasteiger charge is 2.00. The van der Waals surface area contributed by atoms with Crippen molar-refractivity contribution in [1.82, 2.24) is 0 Å².